The van der Waals surface area contributed by atoms with Crippen LogP contribution < -0.4 is 4.90 Å². The number of hydrogen-bond acceptors (Lipinski definition) is 2. The van der Waals surface area contributed by atoms with Gasteiger partial charge in [0, 0.05) is 37.3 Å². The van der Waals surface area contributed by atoms with Crippen LogP contribution >= 0.6 is 12.4 Å². The molecule has 0 atom stereocenters. The summed E-state index contributed by atoms with van der Waals surface area (Å²) in [5, 5.41) is 0. The highest BCUT2D eigenvalue weighted by Crippen LogP contribution is 2.35. The molecule has 1 heterocycles. The molecule has 1 amide bonds. The number of hydrogen-bond donors (Lipinski definition) is 0. The van der Waals surface area contributed by atoms with Gasteiger partial charge in [-0.05, 0) is 49.8 Å². The number of rotatable bonds is 6. The summed E-state index contributed by atoms with van der Waals surface area (Å²) in [6.07, 6.45) is 4.05. The molecule has 4 heteroatoms. The first-order valence-corrected chi connectivity index (χ1v) is 9.54. The lowest BCUT2D eigenvalue weighted by molar-refractivity contribution is -0.120. The Morgan fingerprint density at radius 2 is 1.70 bits per heavy atom. The molecule has 3 nitrogen and oxygen atoms in total. The number of likely N-dealkylation sites (tertiary alicyclic amines) is 1. The first-order valence-electron chi connectivity index (χ1n) is 12.0. The molecule has 2 aliphatic rings. The first kappa shape index (κ1) is 14.2. The fourth-order valence-corrected chi connectivity index (χ4v) is 3.70. The smallest absolute Gasteiger partial charge is 0.230 e. The maximum atomic E-state index is 13.2. The summed E-state index contributed by atoms with van der Waals surface area (Å²) in [6.45, 7) is 2.59. The molecule has 4 rings (SSSR count). The second kappa shape index (κ2) is 9.38. The summed E-state index contributed by atoms with van der Waals surface area (Å²) in [4.78, 5) is 17.1. The van der Waals surface area contributed by atoms with Crippen molar-refractivity contribution >= 4 is 24.0 Å². The highest BCUT2D eigenvalue weighted by atomic mass is 35.5. The molecular weight excluding hydrogens is 356 g/mol. The summed E-state index contributed by atoms with van der Waals surface area (Å²) >= 11 is 0. The largest absolute Gasteiger partial charge is 0.309 e. The standard InChI is InChI=1S/C23H28N2O.ClH/c26-23(20-11-12-20)25(21-9-5-2-6-10-21)22-14-17-24(18-15-22)16-13-19-7-3-1-4-8-19;/h1-10,20,22H,11-18H2;1H/i2D,5D,6D,9D,10D;. The third-order valence-electron chi connectivity index (χ3n) is 5.37. The third-order valence-corrected chi connectivity index (χ3v) is 5.37. The summed E-state index contributed by atoms with van der Waals surface area (Å²) in [5.74, 6) is -0.185. The molecule has 1 aliphatic carbocycles. The van der Waals surface area contributed by atoms with Crippen molar-refractivity contribution in [3.05, 3.63) is 66.1 Å². The molecule has 2 aromatic carbocycles. The van der Waals surface area contributed by atoms with E-state index in [-0.39, 0.29) is 60.1 Å². The molecule has 0 unspecified atom stereocenters. The van der Waals surface area contributed by atoms with Crippen molar-refractivity contribution in [3.8, 4) is 0 Å². The molecule has 2 aromatic rings. The summed E-state index contributed by atoms with van der Waals surface area (Å²) in [5.41, 5.74) is 1.35. The fourth-order valence-electron chi connectivity index (χ4n) is 3.70. The van der Waals surface area contributed by atoms with Crippen LogP contribution in [0, 0.1) is 5.92 Å². The molecule has 27 heavy (non-hydrogen) atoms. The Bertz CT molecular complexity index is 934. The normalized spacial score (nSPS) is 20.5. The Morgan fingerprint density at radius 3 is 2.33 bits per heavy atom. The molecule has 0 aromatic heterocycles. The zero-order chi connectivity index (χ0) is 22.1. The van der Waals surface area contributed by atoms with E-state index in [9.17, 15) is 4.79 Å². The minimum atomic E-state index is -0.423. The van der Waals surface area contributed by atoms with Crippen molar-refractivity contribution in [3.63, 3.8) is 0 Å². The molecule has 1 aliphatic heterocycles. The van der Waals surface area contributed by atoms with Crippen molar-refractivity contribution in [1.82, 2.24) is 4.90 Å². The van der Waals surface area contributed by atoms with Gasteiger partial charge >= 0.3 is 0 Å². The Labute approximate surface area is 175 Å². The van der Waals surface area contributed by atoms with Gasteiger partial charge in [0.05, 0.1) is 6.85 Å². The predicted octanol–water partition coefficient (Wildman–Crippen LogP) is 4.56. The van der Waals surface area contributed by atoms with E-state index < -0.39 is 6.04 Å². The quantitative estimate of drug-likeness (QED) is 0.723. The van der Waals surface area contributed by atoms with E-state index in [4.69, 9.17) is 6.85 Å². The summed E-state index contributed by atoms with van der Waals surface area (Å²) < 4.78 is 40.6. The maximum Gasteiger partial charge on any atom is 0.230 e. The van der Waals surface area contributed by atoms with Crippen LogP contribution in [0.2, 0.25) is 0 Å². The number of piperidine rings is 1. The molecular formula is C23H29ClN2O. The lowest BCUT2D eigenvalue weighted by atomic mass is 10.0. The second-order valence-corrected chi connectivity index (χ2v) is 7.26. The van der Waals surface area contributed by atoms with Crippen molar-refractivity contribution in [2.45, 2.75) is 38.1 Å². The van der Waals surface area contributed by atoms with Crippen LogP contribution in [0.4, 0.5) is 5.69 Å². The van der Waals surface area contributed by atoms with E-state index in [0.29, 0.717) is 0 Å². The van der Waals surface area contributed by atoms with Gasteiger partial charge in [-0.2, -0.15) is 0 Å². The van der Waals surface area contributed by atoms with Crippen LogP contribution in [0.25, 0.3) is 0 Å². The topological polar surface area (TPSA) is 23.6 Å². The van der Waals surface area contributed by atoms with Gasteiger partial charge in [-0.1, -0.05) is 48.5 Å². The van der Waals surface area contributed by atoms with Crippen molar-refractivity contribution in [1.29, 1.82) is 0 Å². The monoisotopic (exact) mass is 389 g/mol. The number of para-hydroxylation sites is 1. The van der Waals surface area contributed by atoms with Crippen LogP contribution in [0.3, 0.4) is 0 Å². The van der Waals surface area contributed by atoms with E-state index in [1.807, 2.05) is 18.2 Å². The van der Waals surface area contributed by atoms with Gasteiger partial charge in [0.25, 0.3) is 0 Å². The van der Waals surface area contributed by atoms with Crippen molar-refractivity contribution in [2.75, 3.05) is 24.5 Å². The molecule has 1 saturated carbocycles. The SMILES string of the molecule is Cl.[2H]c1c([2H])c([2H])c(N(C(=O)C2CC2)C2CCN(CCc3ccccc3)CC2)c([2H])c1[2H]. The van der Waals surface area contributed by atoms with Crippen molar-refractivity contribution in [2.24, 2.45) is 5.92 Å². The van der Waals surface area contributed by atoms with E-state index >= 15 is 0 Å². The Kier molecular flexibility index (Phi) is 4.94. The van der Waals surface area contributed by atoms with E-state index in [0.717, 1.165) is 51.7 Å². The molecule has 1 saturated heterocycles. The van der Waals surface area contributed by atoms with Crippen LogP contribution in [-0.4, -0.2) is 36.5 Å². The molecule has 2 fully saturated rings. The van der Waals surface area contributed by atoms with Gasteiger partial charge in [-0.15, -0.1) is 12.4 Å². The van der Waals surface area contributed by atoms with E-state index in [1.165, 1.54) is 5.56 Å². The average molecular weight is 390 g/mol. The zero-order valence-electron chi connectivity index (χ0n) is 20.4. The Morgan fingerprint density at radius 1 is 1.04 bits per heavy atom. The van der Waals surface area contributed by atoms with E-state index in [1.54, 1.807) is 4.90 Å². The number of carbonyl (C=O) groups is 1. The van der Waals surface area contributed by atoms with E-state index in [2.05, 4.69) is 17.0 Å². The fraction of sp³-hybridized carbons (Fsp3) is 0.435. The van der Waals surface area contributed by atoms with Gasteiger partial charge in [0.2, 0.25) is 5.91 Å². The lowest BCUT2D eigenvalue weighted by Gasteiger charge is -2.38. The molecule has 0 radical (unpaired) electrons. The summed E-state index contributed by atoms with van der Waals surface area (Å²) in [7, 11) is 0. The Hall–Kier alpha value is -1.84. The van der Waals surface area contributed by atoms with Gasteiger partial charge in [0.1, 0.15) is 0 Å². The maximum absolute atomic E-state index is 13.2. The van der Waals surface area contributed by atoms with Gasteiger partial charge in [-0.25, -0.2) is 0 Å². The van der Waals surface area contributed by atoms with Crippen molar-refractivity contribution < 1.29 is 11.6 Å². The van der Waals surface area contributed by atoms with Gasteiger partial charge in [-0.3, -0.25) is 4.79 Å². The van der Waals surface area contributed by atoms with Gasteiger partial charge in [0.15, 0.2) is 0 Å². The highest BCUT2D eigenvalue weighted by molar-refractivity contribution is 5.97. The molecule has 144 valence electrons. The highest BCUT2D eigenvalue weighted by Gasteiger charge is 2.37. The van der Waals surface area contributed by atoms with Crippen LogP contribution in [-0.2, 0) is 11.2 Å². The number of amides is 1. The van der Waals surface area contributed by atoms with Crippen LogP contribution in [0.5, 0.6) is 0 Å². The zero-order valence-corrected chi connectivity index (χ0v) is 16.2. The lowest BCUT2D eigenvalue weighted by Crippen LogP contribution is -2.48. The summed E-state index contributed by atoms with van der Waals surface area (Å²) in [6, 6.07) is 8.44. The van der Waals surface area contributed by atoms with Gasteiger partial charge < -0.3 is 9.80 Å². The number of carbonyl (C=O) groups excluding carboxylic acids is 1. The average Bonchev–Trinajstić information content (AvgIpc) is 3.64. The second-order valence-electron chi connectivity index (χ2n) is 7.26. The molecule has 0 N–H and O–H groups in total. The first-order chi connectivity index (χ1) is 14.9. The molecule has 0 spiro atoms. The molecule has 0 bridgehead atoms. The number of nitrogens with zero attached hydrogens (tertiary/aromatic N) is 2. The number of anilines is 1. The third kappa shape index (κ3) is 5.12. The van der Waals surface area contributed by atoms with Crippen LogP contribution in [0.15, 0.2) is 60.5 Å². The Balaban J connectivity index is 0.00000289. The number of halogens is 1. The van der Waals surface area contributed by atoms with Crippen LogP contribution in [0.1, 0.15) is 38.1 Å². The minimum Gasteiger partial charge on any atom is -0.309 e. The minimum absolute atomic E-state index is 0. The number of benzene rings is 2. The predicted molar refractivity (Wildman–Crippen MR) is 114 cm³/mol.